The normalized spacial score (nSPS) is 15.7. The number of aliphatic imine (C=N–C) groups is 1. The van der Waals surface area contributed by atoms with E-state index in [9.17, 15) is 28.8 Å². The van der Waals surface area contributed by atoms with Crippen molar-refractivity contribution in [1.82, 2.24) is 15.5 Å². The lowest BCUT2D eigenvalue weighted by molar-refractivity contribution is -0.147. The SMILES string of the molecule is C=C(C)C(=O)Nc1ccc(N=Cc2ccc(C(=O)NC(C(=O)NC3C(=O)N4C(C(=O)Nc5ccc(SSc6ccc(NC(=O)C(=C)C)cc6)cc5)=C(C)CSC34)c3ccccc3)cc2)cc1. The summed E-state index contributed by atoms with van der Waals surface area (Å²) in [4.78, 5) is 86.7. The zero-order valence-corrected chi connectivity index (χ0v) is 38.6. The number of thioether (sulfide) groups is 1. The number of carbonyl (C=O) groups is 6. The number of amides is 6. The molecule has 0 saturated carbocycles. The summed E-state index contributed by atoms with van der Waals surface area (Å²) < 4.78 is 0. The molecule has 334 valence electrons. The van der Waals surface area contributed by atoms with Gasteiger partial charge in [-0.3, -0.25) is 38.7 Å². The number of carbonyl (C=O) groups excluding carboxylic acids is 6. The second-order valence-electron chi connectivity index (χ2n) is 15.4. The summed E-state index contributed by atoms with van der Waals surface area (Å²) in [7, 11) is 3.09. The first-order valence-corrected chi connectivity index (χ1v) is 23.8. The molecule has 13 nitrogen and oxygen atoms in total. The minimum absolute atomic E-state index is 0.231. The maximum atomic E-state index is 14.0. The van der Waals surface area contributed by atoms with Crippen molar-refractivity contribution in [1.29, 1.82) is 0 Å². The molecule has 5 N–H and O–H groups in total. The highest BCUT2D eigenvalue weighted by Crippen LogP contribution is 2.41. The van der Waals surface area contributed by atoms with Gasteiger partial charge >= 0.3 is 0 Å². The van der Waals surface area contributed by atoms with Gasteiger partial charge < -0.3 is 26.6 Å². The van der Waals surface area contributed by atoms with Crippen LogP contribution < -0.4 is 26.6 Å². The molecule has 5 aromatic carbocycles. The van der Waals surface area contributed by atoms with Gasteiger partial charge in [0.1, 0.15) is 23.2 Å². The Labute approximate surface area is 394 Å². The summed E-state index contributed by atoms with van der Waals surface area (Å²) in [6.45, 7) is 12.4. The zero-order chi connectivity index (χ0) is 46.9. The van der Waals surface area contributed by atoms with Crippen LogP contribution in [-0.4, -0.2) is 63.7 Å². The number of hydrogen-bond acceptors (Lipinski definition) is 10. The van der Waals surface area contributed by atoms with Crippen LogP contribution in [0.5, 0.6) is 0 Å². The topological polar surface area (TPSA) is 178 Å². The summed E-state index contributed by atoms with van der Waals surface area (Å²) in [5.41, 5.74) is 5.89. The highest BCUT2D eigenvalue weighted by Gasteiger charge is 2.54. The number of hydrogen-bond donors (Lipinski definition) is 5. The van der Waals surface area contributed by atoms with Gasteiger partial charge in [0, 0.05) is 55.5 Å². The Morgan fingerprint density at radius 1 is 0.712 bits per heavy atom. The summed E-state index contributed by atoms with van der Waals surface area (Å²) in [5, 5.41) is 13.6. The first-order valence-electron chi connectivity index (χ1n) is 20.6. The highest BCUT2D eigenvalue weighted by molar-refractivity contribution is 8.76. The predicted octanol–water partition coefficient (Wildman–Crippen LogP) is 9.05. The quantitative estimate of drug-likeness (QED) is 0.0280. The molecule has 0 spiro atoms. The van der Waals surface area contributed by atoms with Crippen LogP contribution >= 0.6 is 33.3 Å². The number of benzene rings is 5. The lowest BCUT2D eigenvalue weighted by Crippen LogP contribution is -2.71. The third-order valence-corrected chi connectivity index (χ3v) is 14.1. The molecule has 2 heterocycles. The number of anilines is 3. The minimum atomic E-state index is -1.13. The number of nitrogens with one attached hydrogen (secondary N) is 5. The fourth-order valence-corrected chi connectivity index (χ4v) is 9.86. The molecule has 16 heteroatoms. The Morgan fingerprint density at radius 3 is 1.79 bits per heavy atom. The second-order valence-corrected chi connectivity index (χ2v) is 18.8. The molecule has 3 unspecified atom stereocenters. The summed E-state index contributed by atoms with van der Waals surface area (Å²) in [6.07, 6.45) is 1.65. The molecule has 0 bridgehead atoms. The molecule has 2 aliphatic rings. The van der Waals surface area contributed by atoms with E-state index in [2.05, 4.69) is 44.7 Å². The van der Waals surface area contributed by atoms with E-state index in [0.29, 0.717) is 50.8 Å². The Bertz CT molecular complexity index is 2760. The van der Waals surface area contributed by atoms with Crippen LogP contribution in [-0.2, 0) is 24.0 Å². The van der Waals surface area contributed by atoms with Gasteiger partial charge in [-0.05, 0) is 122 Å². The van der Waals surface area contributed by atoms with Gasteiger partial charge in [-0.2, -0.15) is 0 Å². The van der Waals surface area contributed by atoms with Gasteiger partial charge in [0.25, 0.3) is 29.5 Å². The Balaban J connectivity index is 0.936. The maximum absolute atomic E-state index is 14.0. The van der Waals surface area contributed by atoms with E-state index in [1.165, 1.54) is 16.7 Å². The Morgan fingerprint density at radius 2 is 1.24 bits per heavy atom. The monoisotopic (exact) mass is 935 g/mol. The fourth-order valence-electron chi connectivity index (χ4n) is 6.64. The van der Waals surface area contributed by atoms with Crippen molar-refractivity contribution < 1.29 is 28.8 Å². The van der Waals surface area contributed by atoms with E-state index in [-0.39, 0.29) is 17.5 Å². The molecule has 66 heavy (non-hydrogen) atoms. The summed E-state index contributed by atoms with van der Waals surface area (Å²) in [5.74, 6) is -1.95. The number of rotatable bonds is 16. The average Bonchev–Trinajstić information content (AvgIpc) is 3.32. The van der Waals surface area contributed by atoms with Crippen molar-refractivity contribution in [3.63, 3.8) is 0 Å². The fraction of sp³-hybridized carbons (Fsp3) is 0.140. The van der Waals surface area contributed by atoms with E-state index in [1.807, 2.05) is 43.3 Å². The molecule has 1 saturated heterocycles. The van der Waals surface area contributed by atoms with Gasteiger partial charge in [0.2, 0.25) is 5.91 Å². The molecule has 0 aliphatic carbocycles. The van der Waals surface area contributed by atoms with Crippen LogP contribution in [0.2, 0.25) is 0 Å². The van der Waals surface area contributed by atoms with Crippen molar-refractivity contribution in [2.24, 2.45) is 4.99 Å². The molecule has 0 aromatic heterocycles. The average molecular weight is 936 g/mol. The van der Waals surface area contributed by atoms with E-state index in [0.717, 1.165) is 20.9 Å². The molecular weight excluding hydrogens is 891 g/mol. The largest absolute Gasteiger partial charge is 0.340 e. The number of nitrogens with zero attached hydrogens (tertiary/aromatic N) is 2. The van der Waals surface area contributed by atoms with Crippen LogP contribution in [0, 0.1) is 0 Å². The lowest BCUT2D eigenvalue weighted by atomic mass is 10.0. The smallest absolute Gasteiger partial charge is 0.272 e. The first-order chi connectivity index (χ1) is 31.7. The van der Waals surface area contributed by atoms with Crippen LogP contribution in [0.3, 0.4) is 0 Å². The van der Waals surface area contributed by atoms with Crippen molar-refractivity contribution in [3.05, 3.63) is 180 Å². The van der Waals surface area contributed by atoms with Crippen molar-refractivity contribution >= 4 is 97.8 Å². The molecule has 7 rings (SSSR count). The van der Waals surface area contributed by atoms with Crippen LogP contribution in [0.4, 0.5) is 22.7 Å². The Hall–Kier alpha value is -7.14. The molecule has 1 fully saturated rings. The molecule has 2 aliphatic heterocycles. The number of fused-ring (bicyclic) bond motifs is 1. The van der Waals surface area contributed by atoms with Crippen LogP contribution in [0.1, 0.15) is 48.3 Å². The third kappa shape index (κ3) is 11.6. The van der Waals surface area contributed by atoms with Crippen LogP contribution in [0.25, 0.3) is 0 Å². The first kappa shape index (κ1) is 46.8. The van der Waals surface area contributed by atoms with E-state index in [1.54, 1.807) is 133 Å². The van der Waals surface area contributed by atoms with Crippen molar-refractivity contribution in [2.75, 3.05) is 21.7 Å². The second kappa shape index (κ2) is 21.2. The van der Waals surface area contributed by atoms with Crippen molar-refractivity contribution in [3.8, 4) is 0 Å². The van der Waals surface area contributed by atoms with Gasteiger partial charge in [-0.25, -0.2) is 0 Å². The van der Waals surface area contributed by atoms with E-state index >= 15 is 0 Å². The maximum Gasteiger partial charge on any atom is 0.272 e. The van der Waals surface area contributed by atoms with E-state index < -0.39 is 41.1 Å². The van der Waals surface area contributed by atoms with Gasteiger partial charge in [-0.1, -0.05) is 77.2 Å². The molecule has 5 aromatic rings. The van der Waals surface area contributed by atoms with Gasteiger partial charge in [-0.15, -0.1) is 11.8 Å². The summed E-state index contributed by atoms with van der Waals surface area (Å²) >= 11 is 1.45. The van der Waals surface area contributed by atoms with Gasteiger partial charge in [0.15, 0.2) is 0 Å². The van der Waals surface area contributed by atoms with Crippen LogP contribution in [0.15, 0.2) is 178 Å². The zero-order valence-electron chi connectivity index (χ0n) is 36.1. The van der Waals surface area contributed by atoms with Gasteiger partial charge in [0.05, 0.1) is 5.69 Å². The summed E-state index contributed by atoms with van der Waals surface area (Å²) in [6, 6.07) is 35.3. The molecular formula is C50H45N7O6S3. The van der Waals surface area contributed by atoms with Crippen molar-refractivity contribution in [2.45, 2.75) is 48.0 Å². The molecule has 6 amide bonds. The minimum Gasteiger partial charge on any atom is -0.340 e. The highest BCUT2D eigenvalue weighted by atomic mass is 33.1. The Kier molecular flexibility index (Phi) is 15.1. The van der Waals surface area contributed by atoms with E-state index in [4.69, 9.17) is 0 Å². The number of β-lactam (4-membered cyclic amide) rings is 1. The standard InChI is InChI=1S/C50H45N7O6S3/c1-29(2)44(58)52-36-17-15-35(16-18-36)51-27-32-11-13-34(14-12-32)46(60)55-41(33-9-7-6-8-10-33)47(61)56-42-49(63)57-43(31(5)28-64-50(42)57)48(62)54-38-21-25-40(26-22-38)66-65-39-23-19-37(20-24-39)53-45(59)30(3)4/h6-27,41-42,50H,1,3,28H2,2,4-5H3,(H,52,58)(H,53,59)(H,54,62)(H,55,60)(H,56,61). The molecule has 3 atom stereocenters. The lowest BCUT2D eigenvalue weighted by Gasteiger charge is -2.50. The molecule has 0 radical (unpaired) electrons. The predicted molar refractivity (Wildman–Crippen MR) is 265 cm³/mol. The third-order valence-electron chi connectivity index (χ3n) is 10.2.